The first-order valence-corrected chi connectivity index (χ1v) is 19.4. The van der Waals surface area contributed by atoms with Crippen molar-refractivity contribution in [1.82, 2.24) is 29.5 Å². The summed E-state index contributed by atoms with van der Waals surface area (Å²) in [5.74, 6) is 2.80. The minimum Gasteiger partial charge on any atom is -0.436 e. The Balaban J connectivity index is 1.01. The summed E-state index contributed by atoms with van der Waals surface area (Å²) in [6, 6.07) is 61.6. The lowest BCUT2D eigenvalue weighted by molar-refractivity contribution is 0.619. The summed E-state index contributed by atoms with van der Waals surface area (Å²) < 4.78 is 14.5. The summed E-state index contributed by atoms with van der Waals surface area (Å²) in [4.78, 5) is 24.7. The van der Waals surface area contributed by atoms with Gasteiger partial charge in [-0.2, -0.15) is 0 Å². The average Bonchev–Trinajstić information content (AvgIpc) is 4.03. The summed E-state index contributed by atoms with van der Waals surface area (Å²) in [6.45, 7) is 0. The van der Waals surface area contributed by atoms with Crippen LogP contribution in [0.4, 0.5) is 0 Å². The number of hydrogen-bond donors (Lipinski definition) is 0. The molecule has 0 saturated heterocycles. The number of benzene rings is 8. The molecule has 0 aliphatic heterocycles. The van der Waals surface area contributed by atoms with Gasteiger partial charge in [-0.05, 0) is 89.6 Å². The largest absolute Gasteiger partial charge is 0.436 e. The Labute approximate surface area is 336 Å². The Morgan fingerprint density at radius 2 is 0.847 bits per heavy atom. The molecule has 59 heavy (non-hydrogen) atoms. The molecule has 4 heterocycles. The van der Waals surface area contributed by atoms with Crippen LogP contribution in [-0.2, 0) is 0 Å². The van der Waals surface area contributed by atoms with Gasteiger partial charge in [0, 0.05) is 44.3 Å². The van der Waals surface area contributed by atoms with Crippen molar-refractivity contribution in [1.29, 1.82) is 0 Å². The standard InChI is InChI=1S/C51H30N6O2/c1-2-10-37(11-3-1)57-42-15-7-4-12-38(42)46-39-30-36(27-18-31(39)28-29-43(46)57)49-55-47(32-19-23-34(24-20-32)50-52-40-13-5-8-16-44(40)58-50)54-48(56-49)33-21-25-35(26-22-33)51-53-41-14-6-9-17-45(41)59-51/h1-30H. The molecule has 276 valence electrons. The number of nitrogens with zero attached hydrogens (tertiary/aromatic N) is 6. The van der Waals surface area contributed by atoms with E-state index in [4.69, 9.17) is 33.8 Å². The van der Waals surface area contributed by atoms with E-state index in [0.29, 0.717) is 29.3 Å². The molecule has 0 bridgehead atoms. The Bertz CT molecular complexity index is 3350. The first-order valence-electron chi connectivity index (χ1n) is 19.4. The summed E-state index contributed by atoms with van der Waals surface area (Å²) >= 11 is 0. The zero-order valence-electron chi connectivity index (χ0n) is 31.3. The van der Waals surface area contributed by atoms with Crippen molar-refractivity contribution in [2.45, 2.75) is 0 Å². The van der Waals surface area contributed by atoms with Crippen molar-refractivity contribution in [2.24, 2.45) is 0 Å². The van der Waals surface area contributed by atoms with Gasteiger partial charge in [-0.1, -0.05) is 103 Å². The van der Waals surface area contributed by atoms with Crippen molar-refractivity contribution >= 4 is 54.8 Å². The van der Waals surface area contributed by atoms with Crippen molar-refractivity contribution in [3.63, 3.8) is 0 Å². The maximum atomic E-state index is 6.07. The van der Waals surface area contributed by atoms with E-state index in [9.17, 15) is 0 Å². The van der Waals surface area contributed by atoms with Crippen molar-refractivity contribution in [3.05, 3.63) is 182 Å². The van der Waals surface area contributed by atoms with Crippen molar-refractivity contribution in [3.8, 4) is 62.8 Å². The number of rotatable bonds is 6. The van der Waals surface area contributed by atoms with E-state index >= 15 is 0 Å². The molecule has 0 aliphatic carbocycles. The van der Waals surface area contributed by atoms with E-state index in [1.807, 2.05) is 97.1 Å². The molecule has 0 radical (unpaired) electrons. The fraction of sp³-hybridized carbons (Fsp3) is 0. The first-order chi connectivity index (χ1) is 29.2. The van der Waals surface area contributed by atoms with Gasteiger partial charge >= 0.3 is 0 Å². The Morgan fingerprint density at radius 3 is 1.46 bits per heavy atom. The van der Waals surface area contributed by atoms with E-state index < -0.39 is 0 Å². The molecular formula is C51H30N6O2. The third kappa shape index (κ3) is 5.57. The van der Waals surface area contributed by atoms with Gasteiger partial charge in [0.05, 0.1) is 11.0 Å². The smallest absolute Gasteiger partial charge is 0.227 e. The van der Waals surface area contributed by atoms with Crippen LogP contribution in [-0.4, -0.2) is 29.5 Å². The molecule has 0 aliphatic rings. The third-order valence-corrected chi connectivity index (χ3v) is 10.9. The highest BCUT2D eigenvalue weighted by Crippen LogP contribution is 2.39. The van der Waals surface area contributed by atoms with Gasteiger partial charge in [0.1, 0.15) is 11.0 Å². The van der Waals surface area contributed by atoms with Crippen LogP contribution < -0.4 is 0 Å². The molecule has 8 aromatic carbocycles. The van der Waals surface area contributed by atoms with E-state index in [2.05, 4.69) is 89.5 Å². The van der Waals surface area contributed by atoms with Gasteiger partial charge in [0.15, 0.2) is 28.6 Å². The lowest BCUT2D eigenvalue weighted by Crippen LogP contribution is -2.00. The quantitative estimate of drug-likeness (QED) is 0.167. The molecule has 0 N–H and O–H groups in total. The number of oxazole rings is 2. The second kappa shape index (κ2) is 13.2. The SMILES string of the molecule is c1ccc(-n2c3ccccc3c3c4cc(-c5nc(-c6ccc(-c7nc8ccccc8o7)cc6)nc(-c6ccc(-c7nc8ccccc8o7)cc6)n5)ccc4ccc32)cc1. The fourth-order valence-corrected chi connectivity index (χ4v) is 8.06. The third-order valence-electron chi connectivity index (χ3n) is 10.9. The van der Waals surface area contributed by atoms with Gasteiger partial charge in [-0.3, -0.25) is 0 Å². The molecule has 12 aromatic rings. The summed E-state index contributed by atoms with van der Waals surface area (Å²) in [5, 5.41) is 4.63. The predicted molar refractivity (Wildman–Crippen MR) is 234 cm³/mol. The van der Waals surface area contributed by atoms with Crippen LogP contribution >= 0.6 is 0 Å². The highest BCUT2D eigenvalue weighted by Gasteiger charge is 2.18. The van der Waals surface area contributed by atoms with Crippen LogP contribution in [0.1, 0.15) is 0 Å². The molecule has 0 amide bonds. The highest BCUT2D eigenvalue weighted by molar-refractivity contribution is 6.21. The molecule has 0 fully saturated rings. The van der Waals surface area contributed by atoms with Gasteiger partial charge in [0.25, 0.3) is 0 Å². The molecule has 8 nitrogen and oxygen atoms in total. The Kier molecular flexibility index (Phi) is 7.36. The molecule has 0 saturated carbocycles. The second-order valence-corrected chi connectivity index (χ2v) is 14.5. The summed E-state index contributed by atoms with van der Waals surface area (Å²) in [5.41, 5.74) is 10.8. The average molecular weight is 759 g/mol. The summed E-state index contributed by atoms with van der Waals surface area (Å²) in [7, 11) is 0. The Morgan fingerprint density at radius 1 is 0.356 bits per heavy atom. The van der Waals surface area contributed by atoms with Gasteiger partial charge in [0.2, 0.25) is 11.8 Å². The Hall–Kier alpha value is -8.23. The monoisotopic (exact) mass is 758 g/mol. The van der Waals surface area contributed by atoms with Crippen molar-refractivity contribution in [2.75, 3.05) is 0 Å². The minimum absolute atomic E-state index is 0.552. The summed E-state index contributed by atoms with van der Waals surface area (Å²) in [6.07, 6.45) is 0. The molecule has 12 rings (SSSR count). The van der Waals surface area contributed by atoms with Crippen LogP contribution in [0.3, 0.4) is 0 Å². The lowest BCUT2D eigenvalue weighted by atomic mass is 10.0. The molecule has 4 aromatic heterocycles. The van der Waals surface area contributed by atoms with Gasteiger partial charge in [-0.15, -0.1) is 0 Å². The molecular weight excluding hydrogens is 729 g/mol. The molecule has 0 unspecified atom stereocenters. The number of fused-ring (bicyclic) bond motifs is 7. The number of hydrogen-bond acceptors (Lipinski definition) is 7. The molecule has 0 spiro atoms. The molecule has 8 heteroatoms. The van der Waals surface area contributed by atoms with Gasteiger partial charge in [-0.25, -0.2) is 24.9 Å². The van der Waals surface area contributed by atoms with Crippen LogP contribution in [0.15, 0.2) is 191 Å². The van der Waals surface area contributed by atoms with Gasteiger partial charge < -0.3 is 13.4 Å². The lowest BCUT2D eigenvalue weighted by Gasteiger charge is -2.11. The number of para-hydroxylation sites is 6. The highest BCUT2D eigenvalue weighted by atomic mass is 16.4. The topological polar surface area (TPSA) is 95.7 Å². The molecule has 0 atom stereocenters. The van der Waals surface area contributed by atoms with E-state index in [1.54, 1.807) is 0 Å². The normalized spacial score (nSPS) is 11.7. The van der Waals surface area contributed by atoms with Crippen molar-refractivity contribution < 1.29 is 8.83 Å². The number of aromatic nitrogens is 6. The zero-order valence-corrected chi connectivity index (χ0v) is 31.3. The van der Waals surface area contributed by atoms with E-state index in [-0.39, 0.29) is 0 Å². The van der Waals surface area contributed by atoms with Crippen LogP contribution in [0.5, 0.6) is 0 Å². The van der Waals surface area contributed by atoms with E-state index in [1.165, 1.54) is 10.8 Å². The van der Waals surface area contributed by atoms with Crippen LogP contribution in [0, 0.1) is 0 Å². The fourth-order valence-electron chi connectivity index (χ4n) is 8.06. The zero-order chi connectivity index (χ0) is 38.9. The second-order valence-electron chi connectivity index (χ2n) is 14.5. The van der Waals surface area contributed by atoms with Crippen LogP contribution in [0.2, 0.25) is 0 Å². The van der Waals surface area contributed by atoms with E-state index in [0.717, 1.165) is 77.5 Å². The predicted octanol–water partition coefficient (Wildman–Crippen LogP) is 12.7. The maximum absolute atomic E-state index is 6.07. The minimum atomic E-state index is 0.552. The van der Waals surface area contributed by atoms with Crippen LogP contribution in [0.25, 0.3) is 118 Å². The first kappa shape index (κ1) is 33.0. The maximum Gasteiger partial charge on any atom is 0.227 e.